The van der Waals surface area contributed by atoms with Crippen molar-refractivity contribution in [2.24, 2.45) is 0 Å². The van der Waals surface area contributed by atoms with Crippen LogP contribution in [-0.4, -0.2) is 37.1 Å². The van der Waals surface area contributed by atoms with Crippen molar-refractivity contribution in [2.75, 3.05) is 6.54 Å². The minimum atomic E-state index is -1.50. The van der Waals surface area contributed by atoms with Gasteiger partial charge in [-0.3, -0.25) is 4.79 Å². The standard InChI is InChI=1S/C27H17F4N5OS/c28-18-7-5-17(6-8-18)27(37)35-11-12-36-22(13-35)33-34-25(36)21-14-38-26(32-21)16-3-1-15(2-4-16)19-9-10-20(29)24(31)23(19)30/h1-10,14H,11-13H2. The van der Waals surface area contributed by atoms with Gasteiger partial charge in [0.2, 0.25) is 0 Å². The molecule has 3 aromatic carbocycles. The fourth-order valence-corrected chi connectivity index (χ4v) is 5.15. The van der Waals surface area contributed by atoms with Gasteiger partial charge in [0, 0.05) is 35.2 Å². The highest BCUT2D eigenvalue weighted by atomic mass is 32.1. The minimum absolute atomic E-state index is 0.0303. The average molecular weight is 536 g/mol. The van der Waals surface area contributed by atoms with Crippen LogP contribution in [0.5, 0.6) is 0 Å². The summed E-state index contributed by atoms with van der Waals surface area (Å²) in [5.74, 6) is -3.38. The molecular formula is C27H17F4N5OS. The second-order valence-electron chi connectivity index (χ2n) is 8.66. The zero-order valence-electron chi connectivity index (χ0n) is 19.5. The molecule has 1 aliphatic rings. The Morgan fingerprint density at radius 3 is 2.32 bits per heavy atom. The Balaban J connectivity index is 1.20. The number of fused-ring (bicyclic) bond motifs is 1. The van der Waals surface area contributed by atoms with E-state index in [1.54, 1.807) is 29.2 Å². The lowest BCUT2D eigenvalue weighted by Gasteiger charge is -2.27. The molecule has 2 aromatic heterocycles. The van der Waals surface area contributed by atoms with Gasteiger partial charge in [0.25, 0.3) is 5.91 Å². The summed E-state index contributed by atoms with van der Waals surface area (Å²) >= 11 is 1.39. The van der Waals surface area contributed by atoms with Crippen molar-refractivity contribution in [1.29, 1.82) is 0 Å². The molecule has 6 nitrogen and oxygen atoms in total. The van der Waals surface area contributed by atoms with Crippen LogP contribution < -0.4 is 0 Å². The predicted octanol–water partition coefficient (Wildman–Crippen LogP) is 5.95. The summed E-state index contributed by atoms with van der Waals surface area (Å²) in [4.78, 5) is 19.1. The molecule has 0 radical (unpaired) electrons. The van der Waals surface area contributed by atoms with Crippen LogP contribution in [-0.2, 0) is 13.1 Å². The molecule has 3 heterocycles. The maximum Gasteiger partial charge on any atom is 0.254 e. The van der Waals surface area contributed by atoms with Crippen LogP contribution in [0.25, 0.3) is 33.2 Å². The summed E-state index contributed by atoms with van der Waals surface area (Å²) in [6.45, 7) is 1.18. The zero-order chi connectivity index (χ0) is 26.4. The molecule has 1 amide bonds. The maximum absolute atomic E-state index is 14.2. The van der Waals surface area contributed by atoms with Gasteiger partial charge in [-0.25, -0.2) is 22.5 Å². The van der Waals surface area contributed by atoms with Crippen molar-refractivity contribution in [1.82, 2.24) is 24.6 Å². The van der Waals surface area contributed by atoms with Crippen LogP contribution in [0.15, 0.2) is 66.0 Å². The molecule has 11 heteroatoms. The Hall–Kier alpha value is -4.38. The number of carbonyl (C=O) groups excluding carboxylic acids is 1. The molecule has 38 heavy (non-hydrogen) atoms. The van der Waals surface area contributed by atoms with Crippen molar-refractivity contribution in [2.45, 2.75) is 13.1 Å². The fourth-order valence-electron chi connectivity index (χ4n) is 4.35. The largest absolute Gasteiger partial charge is 0.329 e. The van der Waals surface area contributed by atoms with E-state index in [0.717, 1.165) is 11.6 Å². The number of nitrogens with zero attached hydrogens (tertiary/aromatic N) is 5. The van der Waals surface area contributed by atoms with E-state index in [1.807, 2.05) is 9.95 Å². The third-order valence-corrected chi connectivity index (χ3v) is 7.23. The number of amides is 1. The predicted molar refractivity (Wildman–Crippen MR) is 133 cm³/mol. The van der Waals surface area contributed by atoms with Crippen LogP contribution in [0.1, 0.15) is 16.2 Å². The number of rotatable bonds is 4. The van der Waals surface area contributed by atoms with Crippen molar-refractivity contribution in [3.8, 4) is 33.2 Å². The second kappa shape index (κ2) is 9.49. The SMILES string of the molecule is O=C(c1ccc(F)cc1)N1CCn2c(nnc2-c2csc(-c3ccc(-c4ccc(F)c(F)c4F)cc3)n2)C1. The van der Waals surface area contributed by atoms with Crippen molar-refractivity contribution in [3.63, 3.8) is 0 Å². The van der Waals surface area contributed by atoms with Crippen LogP contribution >= 0.6 is 11.3 Å². The summed E-state index contributed by atoms with van der Waals surface area (Å²) < 4.78 is 56.2. The van der Waals surface area contributed by atoms with Crippen LogP contribution in [0.4, 0.5) is 17.6 Å². The van der Waals surface area contributed by atoms with E-state index in [2.05, 4.69) is 15.2 Å². The molecule has 0 saturated carbocycles. The first-order valence-corrected chi connectivity index (χ1v) is 12.4. The van der Waals surface area contributed by atoms with E-state index in [9.17, 15) is 22.4 Å². The quantitative estimate of drug-likeness (QED) is 0.211. The average Bonchev–Trinajstić information content (AvgIpc) is 3.59. The van der Waals surface area contributed by atoms with Gasteiger partial charge in [-0.15, -0.1) is 21.5 Å². The molecule has 0 bridgehead atoms. The topological polar surface area (TPSA) is 63.9 Å². The summed E-state index contributed by atoms with van der Waals surface area (Å²) in [5, 5.41) is 11.1. The highest BCUT2D eigenvalue weighted by molar-refractivity contribution is 7.13. The summed E-state index contributed by atoms with van der Waals surface area (Å²) in [7, 11) is 0. The third kappa shape index (κ3) is 4.24. The smallest absolute Gasteiger partial charge is 0.254 e. The number of carbonyl (C=O) groups is 1. The Morgan fingerprint density at radius 1 is 0.816 bits per heavy atom. The molecule has 0 spiro atoms. The molecule has 190 valence electrons. The molecule has 0 aliphatic carbocycles. The highest BCUT2D eigenvalue weighted by Crippen LogP contribution is 2.32. The normalized spacial score (nSPS) is 13.0. The molecule has 0 saturated heterocycles. The van der Waals surface area contributed by atoms with Crippen LogP contribution in [0, 0.1) is 23.3 Å². The van der Waals surface area contributed by atoms with Gasteiger partial charge < -0.3 is 9.47 Å². The van der Waals surface area contributed by atoms with Gasteiger partial charge in [-0.1, -0.05) is 24.3 Å². The second-order valence-corrected chi connectivity index (χ2v) is 9.52. The monoisotopic (exact) mass is 535 g/mol. The molecule has 0 atom stereocenters. The summed E-state index contributed by atoms with van der Waals surface area (Å²) in [6, 6.07) is 14.2. The number of benzene rings is 3. The first kappa shape index (κ1) is 24.0. The molecule has 5 aromatic rings. The van der Waals surface area contributed by atoms with Gasteiger partial charge in [0.05, 0.1) is 6.54 Å². The number of aromatic nitrogens is 4. The molecule has 0 N–H and O–H groups in total. The number of hydrogen-bond acceptors (Lipinski definition) is 5. The molecular weight excluding hydrogens is 518 g/mol. The van der Waals surface area contributed by atoms with E-state index in [-0.39, 0.29) is 18.0 Å². The van der Waals surface area contributed by atoms with E-state index < -0.39 is 23.3 Å². The van der Waals surface area contributed by atoms with Crippen molar-refractivity contribution >= 4 is 17.2 Å². The molecule has 0 unspecified atom stereocenters. The zero-order valence-corrected chi connectivity index (χ0v) is 20.4. The van der Waals surface area contributed by atoms with Crippen molar-refractivity contribution in [3.05, 3.63) is 101 Å². The molecule has 0 fully saturated rings. The van der Waals surface area contributed by atoms with Gasteiger partial charge in [-0.05, 0) is 42.0 Å². The van der Waals surface area contributed by atoms with Gasteiger partial charge >= 0.3 is 0 Å². The van der Waals surface area contributed by atoms with E-state index >= 15 is 0 Å². The Labute approximate surface area is 217 Å². The molecule has 6 rings (SSSR count). The Morgan fingerprint density at radius 2 is 1.55 bits per heavy atom. The van der Waals surface area contributed by atoms with Gasteiger partial charge in [0.1, 0.15) is 16.5 Å². The first-order valence-electron chi connectivity index (χ1n) is 11.6. The van der Waals surface area contributed by atoms with E-state index in [1.165, 1.54) is 41.7 Å². The fraction of sp³-hybridized carbons (Fsp3) is 0.111. The lowest BCUT2D eigenvalue weighted by Crippen LogP contribution is -2.38. The summed E-state index contributed by atoms with van der Waals surface area (Å²) in [6.07, 6.45) is 0. The lowest BCUT2D eigenvalue weighted by molar-refractivity contribution is 0.0708. The number of hydrogen-bond donors (Lipinski definition) is 0. The highest BCUT2D eigenvalue weighted by Gasteiger charge is 2.26. The summed E-state index contributed by atoms with van der Waals surface area (Å²) in [5.41, 5.74) is 2.17. The van der Waals surface area contributed by atoms with Crippen molar-refractivity contribution < 1.29 is 22.4 Å². The first-order chi connectivity index (χ1) is 18.4. The maximum atomic E-state index is 14.2. The Kier molecular flexibility index (Phi) is 5.99. The minimum Gasteiger partial charge on any atom is -0.329 e. The van der Waals surface area contributed by atoms with Crippen LogP contribution in [0.3, 0.4) is 0 Å². The number of halogens is 4. The third-order valence-electron chi connectivity index (χ3n) is 6.34. The van der Waals surface area contributed by atoms with Gasteiger partial charge in [-0.2, -0.15) is 0 Å². The molecule has 1 aliphatic heterocycles. The van der Waals surface area contributed by atoms with E-state index in [0.29, 0.717) is 46.6 Å². The van der Waals surface area contributed by atoms with E-state index in [4.69, 9.17) is 0 Å². The lowest BCUT2D eigenvalue weighted by atomic mass is 10.0. The van der Waals surface area contributed by atoms with Gasteiger partial charge in [0.15, 0.2) is 29.1 Å². The Bertz CT molecular complexity index is 1660. The number of thiazole rings is 1. The van der Waals surface area contributed by atoms with Crippen LogP contribution in [0.2, 0.25) is 0 Å².